The molecule has 0 radical (unpaired) electrons. The van der Waals surface area contributed by atoms with Gasteiger partial charge in [-0.15, -0.1) is 0 Å². The number of aliphatic imine (C=N–C) groups is 1. The van der Waals surface area contributed by atoms with E-state index < -0.39 is 29.4 Å². The summed E-state index contributed by atoms with van der Waals surface area (Å²) in [5, 5.41) is 5.44. The Morgan fingerprint density at radius 2 is 1.85 bits per heavy atom. The Kier molecular flexibility index (Phi) is 7.41. The molecule has 0 spiro atoms. The standard InChI is InChI=1S/C24H28F4N4O/c1-14(2)32(15(3)4)11-10-29-20-9-8-16(12-18(20)24(26,27)28)30-13-17-22-19(25)6-5-7-21(22)31-23(17)33/h5-9,12-15,17,29H,10-11H2,1-4H3,(H,31,33). The van der Waals surface area contributed by atoms with Gasteiger partial charge >= 0.3 is 6.18 Å². The number of anilines is 2. The van der Waals surface area contributed by atoms with Gasteiger partial charge in [0.05, 0.1) is 11.3 Å². The highest BCUT2D eigenvalue weighted by atomic mass is 19.4. The highest BCUT2D eigenvalue weighted by molar-refractivity contribution is 6.12. The first-order valence-corrected chi connectivity index (χ1v) is 10.8. The second-order valence-corrected chi connectivity index (χ2v) is 8.53. The number of nitrogens with zero attached hydrogens (tertiary/aromatic N) is 2. The molecule has 1 atom stereocenters. The van der Waals surface area contributed by atoms with Gasteiger partial charge in [0, 0.05) is 48.3 Å². The first-order valence-electron chi connectivity index (χ1n) is 10.8. The van der Waals surface area contributed by atoms with E-state index in [0.717, 1.165) is 6.07 Å². The Labute approximate surface area is 190 Å². The van der Waals surface area contributed by atoms with E-state index in [4.69, 9.17) is 0 Å². The van der Waals surface area contributed by atoms with Gasteiger partial charge in [0.15, 0.2) is 0 Å². The molecule has 178 valence electrons. The molecular formula is C24H28F4N4O. The molecule has 2 N–H and O–H groups in total. The number of carbonyl (C=O) groups excluding carboxylic acids is 1. The van der Waals surface area contributed by atoms with Crippen LogP contribution in [0.15, 0.2) is 41.4 Å². The second-order valence-electron chi connectivity index (χ2n) is 8.53. The van der Waals surface area contributed by atoms with E-state index in [0.29, 0.717) is 18.8 Å². The summed E-state index contributed by atoms with van der Waals surface area (Å²) in [6, 6.07) is 8.49. The number of fused-ring (bicyclic) bond motifs is 1. The maximum absolute atomic E-state index is 14.2. The Morgan fingerprint density at radius 1 is 1.15 bits per heavy atom. The average Bonchev–Trinajstić information content (AvgIpc) is 3.05. The summed E-state index contributed by atoms with van der Waals surface area (Å²) >= 11 is 0. The lowest BCUT2D eigenvalue weighted by Gasteiger charge is -2.30. The van der Waals surface area contributed by atoms with E-state index in [1.54, 1.807) is 6.07 Å². The maximum atomic E-state index is 14.2. The molecule has 1 aliphatic rings. The van der Waals surface area contributed by atoms with Crippen LogP contribution < -0.4 is 10.6 Å². The van der Waals surface area contributed by atoms with Crippen LogP contribution in [0.3, 0.4) is 0 Å². The van der Waals surface area contributed by atoms with Gasteiger partial charge in [-0.25, -0.2) is 4.39 Å². The van der Waals surface area contributed by atoms with Crippen molar-refractivity contribution in [3.05, 3.63) is 53.3 Å². The second kappa shape index (κ2) is 9.91. The number of hydrogen-bond donors (Lipinski definition) is 2. The van der Waals surface area contributed by atoms with Crippen LogP contribution in [0.25, 0.3) is 0 Å². The molecule has 1 heterocycles. The number of rotatable bonds is 8. The molecule has 1 aliphatic heterocycles. The number of nitrogens with one attached hydrogen (secondary N) is 2. The topological polar surface area (TPSA) is 56.7 Å². The summed E-state index contributed by atoms with van der Waals surface area (Å²) in [5.74, 6) is -2.06. The zero-order chi connectivity index (χ0) is 24.3. The van der Waals surface area contributed by atoms with Gasteiger partial charge in [-0.1, -0.05) is 6.07 Å². The highest BCUT2D eigenvalue weighted by Gasteiger charge is 2.34. The van der Waals surface area contributed by atoms with Gasteiger partial charge < -0.3 is 10.6 Å². The lowest BCUT2D eigenvalue weighted by Crippen LogP contribution is -2.40. The normalized spacial score (nSPS) is 16.2. The number of amides is 1. The average molecular weight is 465 g/mol. The van der Waals surface area contributed by atoms with Gasteiger partial charge in [-0.3, -0.25) is 14.7 Å². The lowest BCUT2D eigenvalue weighted by molar-refractivity contribution is -0.137. The third-order valence-corrected chi connectivity index (χ3v) is 5.60. The van der Waals surface area contributed by atoms with Crippen molar-refractivity contribution in [3.63, 3.8) is 0 Å². The monoisotopic (exact) mass is 464 g/mol. The van der Waals surface area contributed by atoms with E-state index in [1.165, 1.54) is 30.5 Å². The third-order valence-electron chi connectivity index (χ3n) is 5.60. The van der Waals surface area contributed by atoms with Crippen molar-refractivity contribution in [2.45, 2.75) is 51.9 Å². The molecular weight excluding hydrogens is 436 g/mol. The van der Waals surface area contributed by atoms with Crippen molar-refractivity contribution in [1.82, 2.24) is 4.90 Å². The molecule has 2 aromatic rings. The van der Waals surface area contributed by atoms with Crippen LogP contribution in [0.1, 0.15) is 44.7 Å². The maximum Gasteiger partial charge on any atom is 0.418 e. The molecule has 2 aromatic carbocycles. The third kappa shape index (κ3) is 5.71. The van der Waals surface area contributed by atoms with Gasteiger partial charge in [0.1, 0.15) is 11.7 Å². The molecule has 33 heavy (non-hydrogen) atoms. The van der Waals surface area contributed by atoms with Gasteiger partial charge in [0.25, 0.3) is 0 Å². The van der Waals surface area contributed by atoms with Crippen LogP contribution in [0.5, 0.6) is 0 Å². The van der Waals surface area contributed by atoms with E-state index in [-0.39, 0.29) is 29.0 Å². The number of benzene rings is 2. The molecule has 0 aliphatic carbocycles. The molecule has 9 heteroatoms. The number of halogens is 4. The van der Waals surface area contributed by atoms with Crippen molar-refractivity contribution < 1.29 is 22.4 Å². The highest BCUT2D eigenvalue weighted by Crippen LogP contribution is 2.38. The zero-order valence-electron chi connectivity index (χ0n) is 19.0. The molecule has 1 amide bonds. The smallest absolute Gasteiger partial charge is 0.383 e. The Hall–Kier alpha value is -2.94. The van der Waals surface area contributed by atoms with E-state index >= 15 is 0 Å². The summed E-state index contributed by atoms with van der Waals surface area (Å²) in [6.45, 7) is 9.12. The van der Waals surface area contributed by atoms with Crippen LogP contribution >= 0.6 is 0 Å². The summed E-state index contributed by atoms with van der Waals surface area (Å²) in [4.78, 5) is 18.4. The largest absolute Gasteiger partial charge is 0.418 e. The fourth-order valence-electron chi connectivity index (χ4n) is 4.04. The minimum Gasteiger partial charge on any atom is -0.383 e. The summed E-state index contributed by atoms with van der Waals surface area (Å²) < 4.78 is 55.3. The van der Waals surface area contributed by atoms with E-state index in [2.05, 4.69) is 20.5 Å². The number of carbonyl (C=O) groups is 1. The van der Waals surface area contributed by atoms with Crippen molar-refractivity contribution in [2.24, 2.45) is 4.99 Å². The molecule has 0 saturated carbocycles. The SMILES string of the molecule is CC(C)N(CCNc1ccc(N=CC2C(=O)Nc3cccc(F)c32)cc1C(F)(F)F)C(C)C. The first-order chi connectivity index (χ1) is 15.5. The summed E-state index contributed by atoms with van der Waals surface area (Å²) in [6.07, 6.45) is -3.41. The van der Waals surface area contributed by atoms with Crippen LogP contribution in [0.2, 0.25) is 0 Å². The van der Waals surface area contributed by atoms with Crippen LogP contribution in [-0.2, 0) is 11.0 Å². The lowest BCUT2D eigenvalue weighted by atomic mass is 10.0. The van der Waals surface area contributed by atoms with Crippen molar-refractivity contribution >= 4 is 29.2 Å². The van der Waals surface area contributed by atoms with Crippen LogP contribution in [0, 0.1) is 5.82 Å². The molecule has 0 bridgehead atoms. The molecule has 1 unspecified atom stereocenters. The molecule has 5 nitrogen and oxygen atoms in total. The molecule has 0 fully saturated rings. The predicted molar refractivity (Wildman–Crippen MR) is 123 cm³/mol. The molecule has 0 aromatic heterocycles. The number of hydrogen-bond acceptors (Lipinski definition) is 4. The quantitative estimate of drug-likeness (QED) is 0.383. The van der Waals surface area contributed by atoms with E-state index in [1.807, 2.05) is 27.7 Å². The van der Waals surface area contributed by atoms with Crippen LogP contribution in [0.4, 0.5) is 34.6 Å². The molecule has 3 rings (SSSR count). The molecule has 0 saturated heterocycles. The Bertz CT molecular complexity index is 1030. The van der Waals surface area contributed by atoms with Gasteiger partial charge in [-0.05, 0) is 58.0 Å². The Morgan fingerprint density at radius 3 is 2.48 bits per heavy atom. The van der Waals surface area contributed by atoms with Gasteiger partial charge in [0.2, 0.25) is 5.91 Å². The van der Waals surface area contributed by atoms with E-state index in [9.17, 15) is 22.4 Å². The first kappa shape index (κ1) is 24.7. The predicted octanol–water partition coefficient (Wildman–Crippen LogP) is 5.81. The minimum atomic E-state index is -4.59. The number of alkyl halides is 3. The summed E-state index contributed by atoms with van der Waals surface area (Å²) in [7, 11) is 0. The minimum absolute atomic E-state index is 0.0245. The fraction of sp³-hybridized carbons (Fsp3) is 0.417. The zero-order valence-corrected chi connectivity index (χ0v) is 19.0. The fourth-order valence-corrected chi connectivity index (χ4v) is 4.04. The Balaban J connectivity index is 1.80. The van der Waals surface area contributed by atoms with Crippen molar-refractivity contribution in [2.75, 3.05) is 23.7 Å². The summed E-state index contributed by atoms with van der Waals surface area (Å²) in [5.41, 5.74) is -0.384. The van der Waals surface area contributed by atoms with Gasteiger partial charge in [-0.2, -0.15) is 13.2 Å². The van der Waals surface area contributed by atoms with Crippen molar-refractivity contribution in [1.29, 1.82) is 0 Å². The van der Waals surface area contributed by atoms with Crippen molar-refractivity contribution in [3.8, 4) is 0 Å². The van der Waals surface area contributed by atoms with Crippen LogP contribution in [-0.4, -0.2) is 42.2 Å².